The van der Waals surface area contributed by atoms with E-state index in [1.807, 2.05) is 31.1 Å². The molecule has 0 bridgehead atoms. The van der Waals surface area contributed by atoms with Crippen LogP contribution in [0, 0.1) is 23.3 Å². The van der Waals surface area contributed by atoms with Crippen molar-refractivity contribution in [1.29, 1.82) is 0 Å². The molecule has 4 aromatic carbocycles. The number of rotatable bonds is 10. The minimum absolute atomic E-state index is 0.0641. The van der Waals surface area contributed by atoms with Crippen LogP contribution >= 0.6 is 11.8 Å². The summed E-state index contributed by atoms with van der Waals surface area (Å²) in [6.07, 6.45) is -4.22. The Kier molecular flexibility index (Phi) is 11.4. The van der Waals surface area contributed by atoms with Crippen LogP contribution in [-0.2, 0) is 15.8 Å². The fraction of sp³-hybridized carbons (Fsp3) is 0.147. The Balaban J connectivity index is 1.47. The molecule has 1 unspecified atom stereocenters. The van der Waals surface area contributed by atoms with Gasteiger partial charge in [-0.15, -0.1) is 11.8 Å². The van der Waals surface area contributed by atoms with Crippen molar-refractivity contribution < 1.29 is 45.1 Å². The number of alkyl halides is 3. The number of hydrogen-bond acceptors (Lipinski definition) is 5. The fourth-order valence-corrected chi connectivity index (χ4v) is 5.13. The van der Waals surface area contributed by atoms with Gasteiger partial charge in [-0.3, -0.25) is 14.4 Å². The third-order valence-corrected chi connectivity index (χ3v) is 7.95. The highest BCUT2D eigenvalue weighted by Gasteiger charge is 2.42. The summed E-state index contributed by atoms with van der Waals surface area (Å²) in [5.74, 6) is -12.5. The van der Waals surface area contributed by atoms with Gasteiger partial charge in [-0.05, 0) is 67.1 Å². The minimum atomic E-state index is -5.72. The molecule has 0 aliphatic rings. The maximum Gasteiger partial charge on any atom is 0.422 e. The summed E-state index contributed by atoms with van der Waals surface area (Å²) >= 11 is 0.834. The van der Waals surface area contributed by atoms with E-state index in [1.54, 1.807) is 47.8 Å². The molecule has 15 heteroatoms. The van der Waals surface area contributed by atoms with Crippen LogP contribution in [0.4, 0.5) is 47.8 Å². The predicted octanol–water partition coefficient (Wildman–Crippen LogP) is 7.86. The van der Waals surface area contributed by atoms with Gasteiger partial charge in [0.05, 0.1) is 5.25 Å². The number of halogens is 7. The number of anilines is 3. The highest BCUT2D eigenvalue weighted by atomic mass is 32.2. The Morgan fingerprint density at radius 3 is 1.88 bits per heavy atom. The van der Waals surface area contributed by atoms with Gasteiger partial charge in [0.2, 0.25) is 5.91 Å². The maximum atomic E-state index is 14.2. The van der Waals surface area contributed by atoms with E-state index in [-0.39, 0.29) is 11.4 Å². The lowest BCUT2D eigenvalue weighted by atomic mass is 10.1. The number of hydrogen-bond donors (Lipinski definition) is 3. The molecule has 4 rings (SSSR count). The van der Waals surface area contributed by atoms with E-state index in [1.165, 1.54) is 37.3 Å². The van der Waals surface area contributed by atoms with Crippen LogP contribution in [-0.4, -0.2) is 37.1 Å². The van der Waals surface area contributed by atoms with Gasteiger partial charge in [0.15, 0.2) is 23.3 Å². The van der Waals surface area contributed by atoms with Gasteiger partial charge in [-0.1, -0.05) is 30.3 Å². The summed E-state index contributed by atoms with van der Waals surface area (Å²) in [6, 6.07) is 21.4. The summed E-state index contributed by atoms with van der Waals surface area (Å²) in [5.41, 5.74) is -2.36. The molecule has 1 atom stereocenters. The molecule has 0 heterocycles. The molecular weight excluding hydrogens is 677 g/mol. The SMILES string of the molecule is CC(Sc1ccc(NC(=O)/C(=C/c2ccc(N(C)C)cc2)NC(=O)c2ccccc2)cc1)C(=O)Nc1c(F)c(F)c(C(F)(F)F)c(F)c1F. The summed E-state index contributed by atoms with van der Waals surface area (Å²) in [7, 11) is 3.75. The Morgan fingerprint density at radius 2 is 1.35 bits per heavy atom. The van der Waals surface area contributed by atoms with E-state index in [0.29, 0.717) is 16.0 Å². The van der Waals surface area contributed by atoms with Crippen LogP contribution < -0.4 is 20.9 Å². The molecule has 3 amide bonds. The summed E-state index contributed by atoms with van der Waals surface area (Å²) < 4.78 is 95.0. The Bertz CT molecular complexity index is 1850. The molecule has 0 aliphatic heterocycles. The van der Waals surface area contributed by atoms with Gasteiger partial charge < -0.3 is 20.9 Å². The largest absolute Gasteiger partial charge is 0.422 e. The zero-order valence-corrected chi connectivity index (χ0v) is 26.7. The van der Waals surface area contributed by atoms with Gasteiger partial charge in [0.25, 0.3) is 11.8 Å². The molecule has 3 N–H and O–H groups in total. The van der Waals surface area contributed by atoms with Gasteiger partial charge in [0.1, 0.15) is 16.9 Å². The maximum absolute atomic E-state index is 14.2. The van der Waals surface area contributed by atoms with Gasteiger partial charge >= 0.3 is 6.18 Å². The summed E-state index contributed by atoms with van der Waals surface area (Å²) in [5, 5.41) is 5.75. The third-order valence-electron chi connectivity index (χ3n) is 6.84. The number of nitrogens with zero attached hydrogens (tertiary/aromatic N) is 1. The van der Waals surface area contributed by atoms with Crippen LogP contribution in [0.5, 0.6) is 0 Å². The Labute approximate surface area is 280 Å². The zero-order chi connectivity index (χ0) is 36.0. The van der Waals surface area contributed by atoms with Crippen molar-refractivity contribution in [2.75, 3.05) is 29.6 Å². The normalized spacial score (nSPS) is 12.2. The molecule has 0 spiro atoms. The second kappa shape index (κ2) is 15.3. The van der Waals surface area contributed by atoms with Crippen molar-refractivity contribution in [3.05, 3.63) is 125 Å². The lowest BCUT2D eigenvalue weighted by molar-refractivity contribution is -0.143. The van der Waals surface area contributed by atoms with E-state index in [9.17, 15) is 45.1 Å². The van der Waals surface area contributed by atoms with E-state index in [0.717, 1.165) is 17.4 Å². The number of carbonyl (C=O) groups is 3. The number of benzene rings is 4. The Morgan fingerprint density at radius 1 is 0.776 bits per heavy atom. The molecule has 0 aromatic heterocycles. The molecule has 0 saturated carbocycles. The molecule has 0 radical (unpaired) electrons. The number of nitrogens with one attached hydrogen (secondary N) is 3. The molecule has 0 aliphatic carbocycles. The lowest BCUT2D eigenvalue weighted by Gasteiger charge is -2.16. The van der Waals surface area contributed by atoms with Crippen LogP contribution in [0.25, 0.3) is 6.08 Å². The molecule has 256 valence electrons. The first kappa shape index (κ1) is 36.5. The topological polar surface area (TPSA) is 90.5 Å². The monoisotopic (exact) mass is 704 g/mol. The first-order valence-electron chi connectivity index (χ1n) is 14.2. The van der Waals surface area contributed by atoms with Crippen LogP contribution in [0.1, 0.15) is 28.4 Å². The standard InChI is InChI=1S/C34H27F7N4O3S/c1-18(31(46)44-30-28(37)26(35)25(34(39,40)41)27(36)29(30)38)49-23-15-11-21(12-16-23)42-33(48)24(43-32(47)20-7-5-4-6-8-20)17-19-9-13-22(14-10-19)45(2)3/h4-18H,1-3H3,(H,42,48)(H,43,47)(H,44,46)/b24-17-. The van der Waals surface area contributed by atoms with E-state index in [2.05, 4.69) is 10.6 Å². The minimum Gasteiger partial charge on any atom is -0.378 e. The molecule has 0 saturated heterocycles. The van der Waals surface area contributed by atoms with Crippen molar-refractivity contribution in [2.24, 2.45) is 0 Å². The number of thioether (sulfide) groups is 1. The Hall–Kier alpha value is -5.31. The zero-order valence-electron chi connectivity index (χ0n) is 25.9. The lowest BCUT2D eigenvalue weighted by Crippen LogP contribution is -2.30. The smallest absolute Gasteiger partial charge is 0.378 e. The first-order chi connectivity index (χ1) is 23.1. The highest BCUT2D eigenvalue weighted by molar-refractivity contribution is 8.00. The van der Waals surface area contributed by atoms with Crippen molar-refractivity contribution in [3.63, 3.8) is 0 Å². The summed E-state index contributed by atoms with van der Waals surface area (Å²) in [4.78, 5) is 41.1. The molecule has 4 aromatic rings. The van der Waals surface area contributed by atoms with Crippen molar-refractivity contribution >= 4 is 52.6 Å². The summed E-state index contributed by atoms with van der Waals surface area (Å²) in [6.45, 7) is 1.28. The number of carbonyl (C=O) groups excluding carboxylic acids is 3. The van der Waals surface area contributed by atoms with Crippen molar-refractivity contribution in [1.82, 2.24) is 5.32 Å². The third kappa shape index (κ3) is 8.99. The van der Waals surface area contributed by atoms with Crippen LogP contribution in [0.15, 0.2) is 89.5 Å². The van der Waals surface area contributed by atoms with E-state index < -0.39 is 63.7 Å². The average molecular weight is 705 g/mol. The van der Waals surface area contributed by atoms with Gasteiger partial charge in [-0.25, -0.2) is 17.6 Å². The second-order valence-corrected chi connectivity index (χ2v) is 12.0. The van der Waals surface area contributed by atoms with Crippen molar-refractivity contribution in [2.45, 2.75) is 23.2 Å². The van der Waals surface area contributed by atoms with E-state index in [4.69, 9.17) is 0 Å². The molecule has 0 fully saturated rings. The average Bonchev–Trinajstić information content (AvgIpc) is 3.06. The van der Waals surface area contributed by atoms with Gasteiger partial charge in [0, 0.05) is 35.9 Å². The van der Waals surface area contributed by atoms with Crippen molar-refractivity contribution in [3.8, 4) is 0 Å². The number of amides is 3. The van der Waals surface area contributed by atoms with Crippen LogP contribution in [0.3, 0.4) is 0 Å². The molecule has 49 heavy (non-hydrogen) atoms. The van der Waals surface area contributed by atoms with E-state index >= 15 is 0 Å². The quantitative estimate of drug-likeness (QED) is 0.0677. The predicted molar refractivity (Wildman–Crippen MR) is 173 cm³/mol. The highest BCUT2D eigenvalue weighted by Crippen LogP contribution is 2.39. The first-order valence-corrected chi connectivity index (χ1v) is 15.1. The fourth-order valence-electron chi connectivity index (χ4n) is 4.27. The van der Waals surface area contributed by atoms with Gasteiger partial charge in [-0.2, -0.15) is 13.2 Å². The molecule has 7 nitrogen and oxygen atoms in total. The second-order valence-electron chi connectivity index (χ2n) is 10.6. The van der Waals surface area contributed by atoms with Crippen LogP contribution in [0.2, 0.25) is 0 Å². The molecular formula is C34H27F7N4O3S.